The van der Waals surface area contributed by atoms with Crippen LogP contribution < -0.4 is 5.32 Å². The summed E-state index contributed by atoms with van der Waals surface area (Å²) in [5, 5.41) is 2.61. The summed E-state index contributed by atoms with van der Waals surface area (Å²) >= 11 is 12.0. The van der Waals surface area contributed by atoms with Gasteiger partial charge < -0.3 is 10.1 Å². The number of pyridine rings is 1. The van der Waals surface area contributed by atoms with Gasteiger partial charge in [0.2, 0.25) is 10.0 Å². The fourth-order valence-corrected chi connectivity index (χ4v) is 4.80. The van der Waals surface area contributed by atoms with Crippen LogP contribution >= 0.6 is 23.2 Å². The molecule has 160 valence electrons. The maximum Gasteiger partial charge on any atom is 0.340 e. The number of esters is 1. The molecule has 1 N–H and O–H groups in total. The van der Waals surface area contributed by atoms with Crippen LogP contribution in [0.15, 0.2) is 41.4 Å². The third kappa shape index (κ3) is 4.92. The Labute approximate surface area is 184 Å². The smallest absolute Gasteiger partial charge is 0.340 e. The second kappa shape index (κ2) is 9.30. The monoisotopic (exact) mass is 471 g/mol. The highest BCUT2D eigenvalue weighted by molar-refractivity contribution is 7.89. The number of hydrogen-bond donors (Lipinski definition) is 1. The molecule has 0 bridgehead atoms. The first-order valence-electron chi connectivity index (χ1n) is 9.12. The molecule has 0 saturated carbocycles. The van der Waals surface area contributed by atoms with E-state index in [1.54, 1.807) is 12.1 Å². The van der Waals surface area contributed by atoms with Gasteiger partial charge in [0.1, 0.15) is 0 Å². The van der Waals surface area contributed by atoms with E-state index in [9.17, 15) is 18.0 Å². The molecule has 2 aromatic rings. The summed E-state index contributed by atoms with van der Waals surface area (Å²) in [5.74, 6) is -1.55. The minimum Gasteiger partial charge on any atom is -0.449 e. The largest absolute Gasteiger partial charge is 0.449 e. The van der Waals surface area contributed by atoms with Crippen molar-refractivity contribution in [2.24, 2.45) is 0 Å². The van der Waals surface area contributed by atoms with E-state index in [-0.39, 0.29) is 26.3 Å². The fourth-order valence-electron chi connectivity index (χ4n) is 2.89. The molecule has 1 aliphatic heterocycles. The average molecular weight is 472 g/mol. The van der Waals surface area contributed by atoms with Gasteiger partial charge >= 0.3 is 5.97 Å². The van der Waals surface area contributed by atoms with Gasteiger partial charge in [-0.25, -0.2) is 18.2 Å². The molecule has 1 amide bonds. The van der Waals surface area contributed by atoms with Crippen molar-refractivity contribution in [2.75, 3.05) is 18.4 Å². The van der Waals surface area contributed by atoms with Crippen molar-refractivity contribution in [1.29, 1.82) is 0 Å². The van der Waals surface area contributed by atoms with Crippen molar-refractivity contribution >= 4 is 50.8 Å². The molecular weight excluding hydrogens is 453 g/mol. The molecule has 1 aromatic carbocycles. The number of benzene rings is 1. The third-order valence-electron chi connectivity index (χ3n) is 4.53. The van der Waals surface area contributed by atoms with Gasteiger partial charge in [-0.1, -0.05) is 23.2 Å². The van der Waals surface area contributed by atoms with Gasteiger partial charge in [0.25, 0.3) is 5.91 Å². The lowest BCUT2D eigenvalue weighted by Crippen LogP contribution is -2.30. The Morgan fingerprint density at radius 1 is 1.20 bits per heavy atom. The Morgan fingerprint density at radius 3 is 2.57 bits per heavy atom. The molecule has 0 radical (unpaired) electrons. The molecule has 1 unspecified atom stereocenters. The van der Waals surface area contributed by atoms with Crippen molar-refractivity contribution in [3.8, 4) is 0 Å². The number of rotatable bonds is 6. The Morgan fingerprint density at radius 2 is 1.90 bits per heavy atom. The van der Waals surface area contributed by atoms with Crippen LogP contribution in [0.4, 0.5) is 5.69 Å². The van der Waals surface area contributed by atoms with E-state index in [0.29, 0.717) is 13.1 Å². The van der Waals surface area contributed by atoms with Gasteiger partial charge in [-0.15, -0.1) is 0 Å². The van der Waals surface area contributed by atoms with Gasteiger partial charge in [0, 0.05) is 19.3 Å². The quantitative estimate of drug-likeness (QED) is 0.511. The summed E-state index contributed by atoms with van der Waals surface area (Å²) in [6.45, 7) is 2.23. The number of anilines is 1. The van der Waals surface area contributed by atoms with Crippen LogP contribution in [0.2, 0.25) is 10.2 Å². The first kappa shape index (κ1) is 22.5. The molecule has 30 heavy (non-hydrogen) atoms. The van der Waals surface area contributed by atoms with Crippen LogP contribution in [-0.2, 0) is 19.6 Å². The highest BCUT2D eigenvalue weighted by Gasteiger charge is 2.29. The normalized spacial score (nSPS) is 15.6. The minimum atomic E-state index is -3.74. The second-order valence-corrected chi connectivity index (χ2v) is 9.33. The molecule has 3 rings (SSSR count). The number of hydrogen-bond acceptors (Lipinski definition) is 6. The third-order valence-corrected chi connectivity index (χ3v) is 7.06. The summed E-state index contributed by atoms with van der Waals surface area (Å²) in [7, 11) is -3.74. The van der Waals surface area contributed by atoms with Crippen molar-refractivity contribution in [1.82, 2.24) is 9.29 Å². The average Bonchev–Trinajstić information content (AvgIpc) is 3.25. The number of carbonyl (C=O) groups is 2. The highest BCUT2D eigenvalue weighted by atomic mass is 35.5. The topological polar surface area (TPSA) is 106 Å². The first-order valence-corrected chi connectivity index (χ1v) is 11.3. The Balaban J connectivity index is 1.74. The summed E-state index contributed by atoms with van der Waals surface area (Å²) < 4.78 is 32.0. The summed E-state index contributed by atoms with van der Waals surface area (Å²) in [6, 6.07) is 6.96. The van der Waals surface area contributed by atoms with Gasteiger partial charge in [-0.2, -0.15) is 4.31 Å². The Kier molecular flexibility index (Phi) is 6.97. The summed E-state index contributed by atoms with van der Waals surface area (Å²) in [5.41, 5.74) is 0.125. The lowest BCUT2D eigenvalue weighted by molar-refractivity contribution is -0.123. The predicted octanol–water partition coefficient (Wildman–Crippen LogP) is 3.36. The lowest BCUT2D eigenvalue weighted by atomic mass is 10.2. The van der Waals surface area contributed by atoms with E-state index >= 15 is 0 Å². The van der Waals surface area contributed by atoms with Crippen molar-refractivity contribution < 1.29 is 22.7 Å². The van der Waals surface area contributed by atoms with Gasteiger partial charge in [0.15, 0.2) is 11.3 Å². The number of aromatic nitrogens is 1. The van der Waals surface area contributed by atoms with Crippen LogP contribution in [0.3, 0.4) is 0 Å². The van der Waals surface area contributed by atoms with Crippen molar-refractivity contribution in [3.63, 3.8) is 0 Å². The lowest BCUT2D eigenvalue weighted by Gasteiger charge is -2.17. The number of amides is 1. The van der Waals surface area contributed by atoms with E-state index in [2.05, 4.69) is 10.3 Å². The van der Waals surface area contributed by atoms with Crippen LogP contribution in [0.25, 0.3) is 0 Å². The summed E-state index contributed by atoms with van der Waals surface area (Å²) in [4.78, 5) is 28.7. The predicted molar refractivity (Wildman–Crippen MR) is 112 cm³/mol. The molecule has 1 aromatic heterocycles. The minimum absolute atomic E-state index is 0.0169. The molecule has 1 aliphatic rings. The van der Waals surface area contributed by atoms with E-state index < -0.39 is 28.0 Å². The molecular formula is C19H19Cl2N3O5S. The van der Waals surface area contributed by atoms with Crippen LogP contribution in [0, 0.1) is 0 Å². The number of nitrogens with one attached hydrogen (secondary N) is 1. The number of halogens is 2. The highest BCUT2D eigenvalue weighted by Crippen LogP contribution is 2.26. The standard InChI is InChI=1S/C19H19Cl2N3O5S/c1-12(18(25)23-16-5-4-8-22-17(16)21)29-19(26)14-11-13(6-7-15(14)20)30(27,28)24-9-2-3-10-24/h4-8,11-12H,2-3,9-10H2,1H3,(H,23,25). The zero-order valence-corrected chi connectivity index (χ0v) is 18.3. The fraction of sp³-hybridized carbons (Fsp3) is 0.316. The zero-order valence-electron chi connectivity index (χ0n) is 16.0. The van der Waals surface area contributed by atoms with Crippen LogP contribution in [-0.4, -0.2) is 48.8 Å². The molecule has 11 heteroatoms. The molecule has 1 atom stereocenters. The molecule has 0 spiro atoms. The second-order valence-electron chi connectivity index (χ2n) is 6.63. The molecule has 1 saturated heterocycles. The van der Waals surface area contributed by atoms with Crippen molar-refractivity contribution in [2.45, 2.75) is 30.8 Å². The Hall–Kier alpha value is -2.20. The van der Waals surface area contributed by atoms with Gasteiger partial charge in [0.05, 0.1) is 21.2 Å². The van der Waals surface area contributed by atoms with E-state index in [1.165, 1.54) is 35.6 Å². The number of carbonyl (C=O) groups excluding carboxylic acids is 2. The molecule has 2 heterocycles. The maximum atomic E-state index is 12.7. The van der Waals surface area contributed by atoms with Gasteiger partial charge in [-0.3, -0.25) is 4.79 Å². The van der Waals surface area contributed by atoms with Gasteiger partial charge in [-0.05, 0) is 50.1 Å². The van der Waals surface area contributed by atoms with E-state index in [4.69, 9.17) is 27.9 Å². The van der Waals surface area contributed by atoms with Crippen LogP contribution in [0.1, 0.15) is 30.1 Å². The van der Waals surface area contributed by atoms with E-state index in [0.717, 1.165) is 12.8 Å². The SMILES string of the molecule is CC(OC(=O)c1cc(S(=O)(=O)N2CCCC2)ccc1Cl)C(=O)Nc1cccnc1Cl. The number of ether oxygens (including phenoxy) is 1. The summed E-state index contributed by atoms with van der Waals surface area (Å²) in [6.07, 6.45) is 1.85. The van der Waals surface area contributed by atoms with Crippen molar-refractivity contribution in [3.05, 3.63) is 52.3 Å². The molecule has 8 nitrogen and oxygen atoms in total. The van der Waals surface area contributed by atoms with Crippen LogP contribution in [0.5, 0.6) is 0 Å². The zero-order chi connectivity index (χ0) is 21.9. The number of sulfonamides is 1. The first-order chi connectivity index (χ1) is 14.2. The molecule has 1 fully saturated rings. The van der Waals surface area contributed by atoms with E-state index in [1.807, 2.05) is 0 Å². The number of nitrogens with zero attached hydrogens (tertiary/aromatic N) is 2. The molecule has 0 aliphatic carbocycles. The maximum absolute atomic E-state index is 12.7. The Bertz CT molecular complexity index is 1070.